The molecule has 0 heterocycles. The van der Waals surface area contributed by atoms with Gasteiger partial charge in [0, 0.05) is 19.1 Å². The lowest BCUT2D eigenvalue weighted by molar-refractivity contribution is -0.127. The smallest absolute Gasteiger partial charge is 0.223 e. The Balaban J connectivity index is 1.76. The Kier molecular flexibility index (Phi) is 5.84. The standard InChI is InChI=1S/C21H26N2O2/c1-25-19-13-12-17(14-18(19)22)21(24)23-20(15-8-4-2-5-9-15)16-10-6-3-7-11-16/h2-11,17-20H,12-14,22H2,1H3,(H,23,24)/t17-,18+,19+/m0/s1. The van der Waals surface area contributed by atoms with Crippen LogP contribution < -0.4 is 11.1 Å². The van der Waals surface area contributed by atoms with E-state index < -0.39 is 0 Å². The van der Waals surface area contributed by atoms with E-state index in [1.54, 1.807) is 7.11 Å². The number of benzene rings is 2. The molecule has 2 aromatic carbocycles. The Hall–Kier alpha value is -2.17. The zero-order chi connectivity index (χ0) is 17.6. The van der Waals surface area contributed by atoms with Crippen LogP contribution in [0.4, 0.5) is 0 Å². The molecule has 25 heavy (non-hydrogen) atoms. The molecule has 4 heteroatoms. The first-order valence-corrected chi connectivity index (χ1v) is 8.87. The summed E-state index contributed by atoms with van der Waals surface area (Å²) < 4.78 is 5.39. The number of carbonyl (C=O) groups is 1. The van der Waals surface area contributed by atoms with E-state index in [2.05, 4.69) is 5.32 Å². The Morgan fingerprint density at radius 2 is 1.60 bits per heavy atom. The number of rotatable bonds is 5. The molecule has 3 rings (SSSR count). The third kappa shape index (κ3) is 4.27. The van der Waals surface area contributed by atoms with Gasteiger partial charge in [0.05, 0.1) is 12.1 Å². The fourth-order valence-corrected chi connectivity index (χ4v) is 3.62. The molecule has 3 N–H and O–H groups in total. The molecule has 0 aromatic heterocycles. The summed E-state index contributed by atoms with van der Waals surface area (Å²) in [5.74, 6) is 0.0130. The highest BCUT2D eigenvalue weighted by atomic mass is 16.5. The molecule has 132 valence electrons. The van der Waals surface area contributed by atoms with Crippen molar-refractivity contribution in [1.82, 2.24) is 5.32 Å². The van der Waals surface area contributed by atoms with Gasteiger partial charge in [0.2, 0.25) is 5.91 Å². The van der Waals surface area contributed by atoms with Crippen LogP contribution in [0.15, 0.2) is 60.7 Å². The van der Waals surface area contributed by atoms with Gasteiger partial charge >= 0.3 is 0 Å². The number of amides is 1. The summed E-state index contributed by atoms with van der Waals surface area (Å²) in [6.45, 7) is 0. The average molecular weight is 338 g/mol. The van der Waals surface area contributed by atoms with E-state index in [0.29, 0.717) is 6.42 Å². The lowest BCUT2D eigenvalue weighted by Crippen LogP contribution is -2.46. The Labute approximate surface area is 149 Å². The average Bonchev–Trinajstić information content (AvgIpc) is 2.67. The van der Waals surface area contributed by atoms with E-state index in [4.69, 9.17) is 10.5 Å². The van der Waals surface area contributed by atoms with Crippen LogP contribution in [0.2, 0.25) is 0 Å². The van der Waals surface area contributed by atoms with Gasteiger partial charge in [-0.15, -0.1) is 0 Å². The third-order valence-electron chi connectivity index (χ3n) is 5.06. The number of hydrogen-bond donors (Lipinski definition) is 2. The van der Waals surface area contributed by atoms with Crippen molar-refractivity contribution in [2.45, 2.75) is 37.5 Å². The molecule has 0 unspecified atom stereocenters. The van der Waals surface area contributed by atoms with Gasteiger partial charge in [0.25, 0.3) is 0 Å². The van der Waals surface area contributed by atoms with Crippen molar-refractivity contribution in [3.05, 3.63) is 71.8 Å². The summed E-state index contributed by atoms with van der Waals surface area (Å²) in [4.78, 5) is 12.9. The highest BCUT2D eigenvalue weighted by Crippen LogP contribution is 2.28. The van der Waals surface area contributed by atoms with Crippen molar-refractivity contribution in [2.75, 3.05) is 7.11 Å². The molecular formula is C21H26N2O2. The van der Waals surface area contributed by atoms with E-state index >= 15 is 0 Å². The zero-order valence-corrected chi connectivity index (χ0v) is 14.6. The second-order valence-corrected chi connectivity index (χ2v) is 6.71. The normalized spacial score (nSPS) is 23.4. The maximum atomic E-state index is 12.9. The molecule has 1 amide bonds. The van der Waals surface area contributed by atoms with Crippen LogP contribution >= 0.6 is 0 Å². The highest BCUT2D eigenvalue weighted by Gasteiger charge is 2.32. The molecule has 0 saturated heterocycles. The van der Waals surface area contributed by atoms with E-state index in [9.17, 15) is 4.79 Å². The van der Waals surface area contributed by atoms with Gasteiger partial charge in [-0.1, -0.05) is 60.7 Å². The van der Waals surface area contributed by atoms with Crippen LogP contribution in [-0.4, -0.2) is 25.2 Å². The summed E-state index contributed by atoms with van der Waals surface area (Å²) in [6, 6.07) is 19.9. The van der Waals surface area contributed by atoms with Gasteiger partial charge in [0.15, 0.2) is 0 Å². The van der Waals surface area contributed by atoms with Crippen molar-refractivity contribution >= 4 is 5.91 Å². The number of nitrogens with two attached hydrogens (primary N) is 1. The van der Waals surface area contributed by atoms with Crippen molar-refractivity contribution in [3.8, 4) is 0 Å². The summed E-state index contributed by atoms with van der Waals surface area (Å²) >= 11 is 0. The predicted octanol–water partition coefficient (Wildman–Crippen LogP) is 3.03. The fourth-order valence-electron chi connectivity index (χ4n) is 3.62. The van der Waals surface area contributed by atoms with Crippen LogP contribution in [0.5, 0.6) is 0 Å². The van der Waals surface area contributed by atoms with E-state index in [-0.39, 0.29) is 30.0 Å². The number of nitrogens with one attached hydrogen (secondary N) is 1. The molecule has 0 radical (unpaired) electrons. The van der Waals surface area contributed by atoms with E-state index in [0.717, 1.165) is 24.0 Å². The summed E-state index contributed by atoms with van der Waals surface area (Å²) in [6.07, 6.45) is 2.37. The maximum Gasteiger partial charge on any atom is 0.223 e. The van der Waals surface area contributed by atoms with E-state index in [1.165, 1.54) is 0 Å². The number of hydrogen-bond acceptors (Lipinski definition) is 3. The molecule has 1 aliphatic rings. The Morgan fingerprint density at radius 1 is 1.04 bits per heavy atom. The molecule has 1 aliphatic carbocycles. The zero-order valence-electron chi connectivity index (χ0n) is 14.6. The highest BCUT2D eigenvalue weighted by molar-refractivity contribution is 5.79. The number of ether oxygens (including phenoxy) is 1. The molecule has 2 aromatic rings. The summed E-state index contributed by atoms with van der Waals surface area (Å²) in [5, 5.41) is 3.24. The van der Waals surface area contributed by atoms with Crippen molar-refractivity contribution in [2.24, 2.45) is 11.7 Å². The van der Waals surface area contributed by atoms with Gasteiger partial charge in [-0.3, -0.25) is 4.79 Å². The van der Waals surface area contributed by atoms with Crippen molar-refractivity contribution in [3.63, 3.8) is 0 Å². The van der Waals surface area contributed by atoms with Gasteiger partial charge in [-0.05, 0) is 30.4 Å². The molecular weight excluding hydrogens is 312 g/mol. The fraction of sp³-hybridized carbons (Fsp3) is 0.381. The quantitative estimate of drug-likeness (QED) is 0.881. The topological polar surface area (TPSA) is 64.3 Å². The molecule has 0 bridgehead atoms. The molecule has 3 atom stereocenters. The first-order valence-electron chi connectivity index (χ1n) is 8.87. The molecule has 1 saturated carbocycles. The molecule has 4 nitrogen and oxygen atoms in total. The Morgan fingerprint density at radius 3 is 2.08 bits per heavy atom. The van der Waals surface area contributed by atoms with Crippen LogP contribution in [-0.2, 0) is 9.53 Å². The molecule has 1 fully saturated rings. The van der Waals surface area contributed by atoms with Crippen molar-refractivity contribution in [1.29, 1.82) is 0 Å². The minimum atomic E-state index is -0.147. The molecule has 0 aliphatic heterocycles. The second-order valence-electron chi connectivity index (χ2n) is 6.71. The number of methoxy groups -OCH3 is 1. The Bertz CT molecular complexity index is 635. The van der Waals surface area contributed by atoms with Crippen LogP contribution in [0.25, 0.3) is 0 Å². The van der Waals surface area contributed by atoms with Gasteiger partial charge in [0.1, 0.15) is 0 Å². The van der Waals surface area contributed by atoms with E-state index in [1.807, 2.05) is 60.7 Å². The minimum Gasteiger partial charge on any atom is -0.380 e. The van der Waals surface area contributed by atoms with Crippen molar-refractivity contribution < 1.29 is 9.53 Å². The summed E-state index contributed by atoms with van der Waals surface area (Å²) in [7, 11) is 1.69. The van der Waals surface area contributed by atoms with Gasteiger partial charge in [-0.2, -0.15) is 0 Å². The minimum absolute atomic E-state index is 0.0584. The first kappa shape index (κ1) is 17.6. The predicted molar refractivity (Wildman–Crippen MR) is 99.0 cm³/mol. The first-order chi connectivity index (χ1) is 12.2. The number of carbonyl (C=O) groups excluding carboxylic acids is 1. The summed E-state index contributed by atoms with van der Waals surface area (Å²) in [5.41, 5.74) is 8.33. The lowest BCUT2D eigenvalue weighted by Gasteiger charge is -2.33. The van der Waals surface area contributed by atoms with Gasteiger partial charge in [-0.25, -0.2) is 0 Å². The maximum absolute atomic E-state index is 12.9. The lowest BCUT2D eigenvalue weighted by atomic mass is 9.83. The molecule has 0 spiro atoms. The monoisotopic (exact) mass is 338 g/mol. The largest absolute Gasteiger partial charge is 0.380 e. The van der Waals surface area contributed by atoms with Crippen LogP contribution in [0, 0.1) is 5.92 Å². The van der Waals surface area contributed by atoms with Gasteiger partial charge < -0.3 is 15.8 Å². The van der Waals surface area contributed by atoms with Crippen LogP contribution in [0.3, 0.4) is 0 Å². The third-order valence-corrected chi connectivity index (χ3v) is 5.06. The second kappa shape index (κ2) is 8.28. The SMILES string of the molecule is CO[C@@H]1CC[C@H](C(=O)NC(c2ccccc2)c2ccccc2)C[C@H]1N. The van der Waals surface area contributed by atoms with Crippen LogP contribution in [0.1, 0.15) is 36.4 Å².